The van der Waals surface area contributed by atoms with Crippen LogP contribution >= 0.6 is 11.8 Å². The molecule has 0 N–H and O–H groups in total. The molecule has 0 spiro atoms. The third-order valence-electron chi connectivity index (χ3n) is 3.39. The van der Waals surface area contributed by atoms with Crippen LogP contribution in [0.4, 0.5) is 0 Å². The summed E-state index contributed by atoms with van der Waals surface area (Å²) in [5.41, 5.74) is -0.412. The van der Waals surface area contributed by atoms with Gasteiger partial charge in [-0.2, -0.15) is 0 Å². The summed E-state index contributed by atoms with van der Waals surface area (Å²) in [5.74, 6) is -1.03. The van der Waals surface area contributed by atoms with Gasteiger partial charge in [0.1, 0.15) is 6.10 Å². The van der Waals surface area contributed by atoms with Crippen molar-refractivity contribution in [2.24, 2.45) is 0 Å². The maximum atomic E-state index is 11.5. The molecule has 1 saturated heterocycles. The first-order chi connectivity index (χ1) is 10.9. The minimum atomic E-state index is -0.716. The zero-order valence-corrected chi connectivity index (χ0v) is 14.7. The summed E-state index contributed by atoms with van der Waals surface area (Å²) in [7, 11) is 0. The number of hydrogen-bond acceptors (Lipinski definition) is 5. The number of hydrogen-bond donors (Lipinski definition) is 0. The van der Waals surface area contributed by atoms with Crippen molar-refractivity contribution in [3.05, 3.63) is 43.0 Å². The minimum Gasteiger partial charge on any atom is -0.448 e. The van der Waals surface area contributed by atoms with Gasteiger partial charge in [-0.05, 0) is 32.4 Å². The lowest BCUT2D eigenvalue weighted by Crippen LogP contribution is -2.48. The van der Waals surface area contributed by atoms with Gasteiger partial charge in [-0.1, -0.05) is 36.0 Å². The zero-order chi connectivity index (χ0) is 16.9. The lowest BCUT2D eigenvalue weighted by Gasteiger charge is -2.42. The molecule has 1 aliphatic heterocycles. The van der Waals surface area contributed by atoms with Gasteiger partial charge in [-0.3, -0.25) is 4.79 Å². The first-order valence-electron chi connectivity index (χ1n) is 7.75. The zero-order valence-electron chi connectivity index (χ0n) is 13.9. The molecule has 3 atom stereocenters. The Kier molecular flexibility index (Phi) is 6.27. The first-order valence-corrected chi connectivity index (χ1v) is 8.63. The quantitative estimate of drug-likeness (QED) is 0.338. The van der Waals surface area contributed by atoms with Crippen molar-refractivity contribution in [1.29, 1.82) is 0 Å². The fraction of sp³-hybridized carbons (Fsp3) is 0.500. The highest BCUT2D eigenvalue weighted by Gasteiger charge is 2.40. The molecule has 0 bridgehead atoms. The highest BCUT2D eigenvalue weighted by molar-refractivity contribution is 7.99. The third-order valence-corrected chi connectivity index (χ3v) is 4.57. The lowest BCUT2D eigenvalue weighted by molar-refractivity contribution is -0.306. The maximum absolute atomic E-state index is 11.5. The first kappa shape index (κ1) is 18.0. The van der Waals surface area contributed by atoms with E-state index in [0.29, 0.717) is 6.42 Å². The molecule has 0 aliphatic carbocycles. The number of rotatable bonds is 6. The van der Waals surface area contributed by atoms with Crippen molar-refractivity contribution in [1.82, 2.24) is 0 Å². The third kappa shape index (κ3) is 5.68. The summed E-state index contributed by atoms with van der Waals surface area (Å²) in [5, 5.41) is 0. The Bertz CT molecular complexity index is 529. The molecule has 0 saturated carbocycles. The smallest absolute Gasteiger partial charge is 0.303 e. The molecule has 0 aromatic heterocycles. The van der Waals surface area contributed by atoms with E-state index in [1.165, 1.54) is 18.7 Å². The Hall–Kier alpha value is -1.30. The molecule has 0 radical (unpaired) electrons. The van der Waals surface area contributed by atoms with Gasteiger partial charge in [0, 0.05) is 18.2 Å². The molecule has 4 nitrogen and oxygen atoms in total. The summed E-state index contributed by atoms with van der Waals surface area (Å²) in [6, 6.07) is 9.86. The predicted octanol–water partition coefficient (Wildman–Crippen LogP) is 4.15. The van der Waals surface area contributed by atoms with Crippen molar-refractivity contribution < 1.29 is 19.0 Å². The van der Waals surface area contributed by atoms with E-state index in [9.17, 15) is 4.79 Å². The van der Waals surface area contributed by atoms with E-state index in [2.05, 4.69) is 6.58 Å². The predicted molar refractivity (Wildman–Crippen MR) is 91.1 cm³/mol. The van der Waals surface area contributed by atoms with E-state index in [1.807, 2.05) is 50.3 Å². The highest BCUT2D eigenvalue weighted by atomic mass is 32.2. The van der Waals surface area contributed by atoms with Crippen LogP contribution in [0.5, 0.6) is 0 Å². The number of ether oxygens (including phenoxy) is 3. The Morgan fingerprint density at radius 1 is 1.43 bits per heavy atom. The molecule has 2 rings (SSSR count). The fourth-order valence-corrected chi connectivity index (χ4v) is 3.70. The second kappa shape index (κ2) is 7.99. The average molecular weight is 336 g/mol. The average Bonchev–Trinajstić information content (AvgIpc) is 2.46. The minimum absolute atomic E-state index is 0.00989. The van der Waals surface area contributed by atoms with E-state index in [4.69, 9.17) is 14.2 Å². The fourth-order valence-electron chi connectivity index (χ4n) is 2.62. The summed E-state index contributed by atoms with van der Waals surface area (Å²) < 4.78 is 17.5. The van der Waals surface area contributed by atoms with E-state index >= 15 is 0 Å². The molecular formula is C18H24O4S. The van der Waals surface area contributed by atoms with Crippen molar-refractivity contribution in [2.75, 3.05) is 0 Å². The Morgan fingerprint density at radius 3 is 2.74 bits per heavy atom. The molecule has 1 aromatic rings. The van der Waals surface area contributed by atoms with Gasteiger partial charge in [0.15, 0.2) is 11.2 Å². The summed E-state index contributed by atoms with van der Waals surface area (Å²) in [6.07, 6.45) is 3.02. The summed E-state index contributed by atoms with van der Waals surface area (Å²) in [4.78, 5) is 12.6. The second-order valence-corrected chi connectivity index (χ2v) is 7.14. The molecule has 126 valence electrons. The van der Waals surface area contributed by atoms with E-state index in [-0.39, 0.29) is 18.2 Å². The maximum Gasteiger partial charge on any atom is 0.303 e. The number of thioether (sulfide) groups is 1. The Balaban J connectivity index is 2.15. The highest BCUT2D eigenvalue weighted by Crippen LogP contribution is 2.36. The summed E-state index contributed by atoms with van der Waals surface area (Å²) in [6.45, 7) is 8.96. The van der Waals surface area contributed by atoms with Gasteiger partial charge in [-0.25, -0.2) is 0 Å². The standard InChI is InChI=1S/C18H24O4S/c1-5-9-14-12-16(22-18(3,4)21-14)17(20-13(2)19)23-15-10-7-6-8-11-15/h5-8,10-11,14,16-17H,1,9,12H2,2-4H3/t14-,16-,17?/m1/s1. The van der Waals surface area contributed by atoms with Gasteiger partial charge >= 0.3 is 5.97 Å². The van der Waals surface area contributed by atoms with Crippen LogP contribution in [0.2, 0.25) is 0 Å². The van der Waals surface area contributed by atoms with Crippen molar-refractivity contribution >= 4 is 17.7 Å². The van der Waals surface area contributed by atoms with Crippen molar-refractivity contribution in [3.63, 3.8) is 0 Å². The number of esters is 1. The van der Waals surface area contributed by atoms with Gasteiger partial charge in [-0.15, -0.1) is 6.58 Å². The van der Waals surface area contributed by atoms with Crippen molar-refractivity contribution in [2.45, 2.75) is 61.9 Å². The number of carbonyl (C=O) groups excluding carboxylic acids is 1. The lowest BCUT2D eigenvalue weighted by atomic mass is 10.1. The Morgan fingerprint density at radius 2 is 2.13 bits per heavy atom. The van der Waals surface area contributed by atoms with Gasteiger partial charge in [0.2, 0.25) is 0 Å². The van der Waals surface area contributed by atoms with E-state index < -0.39 is 11.2 Å². The SMILES string of the molecule is C=CC[C@@H]1C[C@H](C(OC(C)=O)Sc2ccccc2)OC(C)(C)O1. The molecule has 1 aromatic carbocycles. The largest absolute Gasteiger partial charge is 0.448 e. The van der Waals surface area contributed by atoms with Crippen molar-refractivity contribution in [3.8, 4) is 0 Å². The van der Waals surface area contributed by atoms with Crippen LogP contribution in [0.3, 0.4) is 0 Å². The number of carbonyl (C=O) groups is 1. The van der Waals surface area contributed by atoms with E-state index in [0.717, 1.165) is 11.3 Å². The molecule has 23 heavy (non-hydrogen) atoms. The van der Waals surface area contributed by atoms with Crippen LogP contribution in [0.1, 0.15) is 33.6 Å². The van der Waals surface area contributed by atoms with E-state index in [1.54, 1.807) is 0 Å². The molecule has 1 heterocycles. The van der Waals surface area contributed by atoms with Crippen LogP contribution in [0.25, 0.3) is 0 Å². The molecular weight excluding hydrogens is 312 g/mol. The van der Waals surface area contributed by atoms with Gasteiger partial charge in [0.05, 0.1) is 6.10 Å². The monoisotopic (exact) mass is 336 g/mol. The Labute approximate surface area is 142 Å². The van der Waals surface area contributed by atoms with Gasteiger partial charge < -0.3 is 14.2 Å². The molecule has 1 fully saturated rings. The topological polar surface area (TPSA) is 44.8 Å². The summed E-state index contributed by atoms with van der Waals surface area (Å²) >= 11 is 1.49. The second-order valence-electron chi connectivity index (χ2n) is 5.96. The molecule has 1 aliphatic rings. The normalized spacial score (nSPS) is 24.7. The number of benzene rings is 1. The van der Waals surface area contributed by atoms with Crippen LogP contribution in [-0.2, 0) is 19.0 Å². The molecule has 5 heteroatoms. The molecule has 1 unspecified atom stereocenters. The van der Waals surface area contributed by atoms with Gasteiger partial charge in [0.25, 0.3) is 0 Å². The van der Waals surface area contributed by atoms with Crippen LogP contribution in [-0.4, -0.2) is 29.4 Å². The van der Waals surface area contributed by atoms with Crippen LogP contribution in [0.15, 0.2) is 47.9 Å². The van der Waals surface area contributed by atoms with Crippen LogP contribution < -0.4 is 0 Å². The molecule has 0 amide bonds. The van der Waals surface area contributed by atoms with Crippen LogP contribution in [0, 0.1) is 0 Å².